The molecule has 4 heteroatoms. The van der Waals surface area contributed by atoms with Crippen molar-refractivity contribution in [2.75, 3.05) is 0 Å². The summed E-state index contributed by atoms with van der Waals surface area (Å²) in [6, 6.07) is 41.4. The molecule has 67 heavy (non-hydrogen) atoms. The number of pyridine rings is 1. The van der Waals surface area contributed by atoms with Crippen molar-refractivity contribution < 1.29 is 43.5 Å². The molecular formula is C63H63N3O. The van der Waals surface area contributed by atoms with Gasteiger partial charge in [0.15, 0.2) is 0 Å². The number of imidazole rings is 1. The lowest BCUT2D eigenvalue weighted by Gasteiger charge is -2.28. The molecular weight excluding hydrogens is 815 g/mol. The Balaban J connectivity index is 1.53. The van der Waals surface area contributed by atoms with Crippen LogP contribution in [-0.4, -0.2) is 19.6 Å². The number of rotatable bonds is 8. The number of hydrogen-bond donors (Lipinski definition) is 1. The predicted octanol–water partition coefficient (Wildman–Crippen LogP) is 17.1. The van der Waals surface area contributed by atoms with E-state index in [1.54, 1.807) is 68.6 Å². The lowest BCUT2D eigenvalue weighted by atomic mass is 9.79. The summed E-state index contributed by atoms with van der Waals surface area (Å²) in [6.07, 6.45) is 1.61. The van der Waals surface area contributed by atoms with Crippen molar-refractivity contribution in [1.82, 2.24) is 14.5 Å². The molecule has 9 aromatic rings. The van der Waals surface area contributed by atoms with Gasteiger partial charge in [0.1, 0.15) is 11.6 Å². The number of aromatic hydroxyl groups is 1. The molecule has 9 rings (SSSR count). The van der Waals surface area contributed by atoms with E-state index in [9.17, 15) is 5.11 Å². The van der Waals surface area contributed by atoms with Gasteiger partial charge in [-0.05, 0) is 127 Å². The number of phenolic OH excluding ortho intramolecular Hbond substituents is 1. The number of para-hydroxylation sites is 1. The van der Waals surface area contributed by atoms with E-state index in [0.29, 0.717) is 34.0 Å². The van der Waals surface area contributed by atoms with E-state index in [2.05, 4.69) is 0 Å². The number of aromatic nitrogens is 3. The number of benzene rings is 7. The van der Waals surface area contributed by atoms with E-state index in [-0.39, 0.29) is 39.5 Å². The second-order valence-electron chi connectivity index (χ2n) is 16.9. The molecule has 0 aliphatic carbocycles. The summed E-state index contributed by atoms with van der Waals surface area (Å²) in [4.78, 5) is 9.86. The summed E-state index contributed by atoms with van der Waals surface area (Å²) in [5.41, 5.74) is -12.5. The minimum Gasteiger partial charge on any atom is -0.507 e. The molecule has 4 nitrogen and oxygen atoms in total. The molecule has 7 aromatic carbocycles. The quantitative estimate of drug-likeness (QED) is 0.165. The third-order valence-electron chi connectivity index (χ3n) is 11.8. The molecule has 0 bridgehead atoms. The number of hydrogen-bond acceptors (Lipinski definition) is 3. The molecule has 0 saturated heterocycles. The van der Waals surface area contributed by atoms with Crippen LogP contribution in [-0.2, 0) is 16.2 Å². The third-order valence-corrected chi connectivity index (χ3v) is 11.8. The lowest BCUT2D eigenvalue weighted by Crippen LogP contribution is -2.17. The van der Waals surface area contributed by atoms with Crippen LogP contribution in [0.15, 0.2) is 170 Å². The topological polar surface area (TPSA) is 50.9 Å². The summed E-state index contributed by atoms with van der Waals surface area (Å²) in [5, 5.41) is 13.2. The standard InChI is InChI=1S/C63H63N3O/c1-40(2)41-25-27-43(28-26-41)45-31-32-64-55(36-45)48-34-46(42-19-14-12-15-20-42)33-47(35-48)51-23-18-24-57-58(51)65-60(53-38-50(62(6,7)8)39-54(59(53)67)63(9,10)11)66(57)56-30-29-49(61(3,4)5)37-52(56)44-21-16-13-17-22-44/h12-40,67H,1-11H3/i3D3,4D3,5D3,6D3,7D3,8D3,9D3,10D3,11D3,40D. The van der Waals surface area contributed by atoms with Crippen LogP contribution < -0.4 is 0 Å². The summed E-state index contributed by atoms with van der Waals surface area (Å²) in [6.45, 7) is -33.5. The Bertz CT molecular complexity index is 4220. The van der Waals surface area contributed by atoms with Crippen LogP contribution in [0.2, 0.25) is 0 Å². The van der Waals surface area contributed by atoms with Gasteiger partial charge >= 0.3 is 0 Å². The van der Waals surface area contributed by atoms with E-state index < -0.39 is 118 Å². The summed E-state index contributed by atoms with van der Waals surface area (Å²) in [7, 11) is 0. The zero-order chi connectivity index (χ0) is 70.8. The minimum atomic E-state index is -4.34. The molecule has 0 unspecified atom stereocenters. The molecule has 0 radical (unpaired) electrons. The SMILES string of the molecule is [2H]C(C)(C)c1ccc(-c2ccnc(-c3cc(-c4ccccc4)cc(-c4cccc5c4nc(-c4cc(C(C([2H])([2H])[2H])(C([2H])([2H])[2H])C([2H])([2H])[2H])cc(C(C([2H])([2H])[2H])(C([2H])([2H])[2H])C([2H])([2H])[2H])c4O)n5-c4ccc(C(C([2H])([2H])[2H])(C([2H])([2H])[2H])C([2H])([2H])[2H])cc4-c4ccccc4)c3)c2)cc1. The fourth-order valence-corrected chi connectivity index (χ4v) is 8.37. The second kappa shape index (κ2) is 17.3. The van der Waals surface area contributed by atoms with E-state index in [1.807, 2.05) is 48.5 Å². The molecule has 0 saturated carbocycles. The van der Waals surface area contributed by atoms with Gasteiger partial charge in [-0.25, -0.2) is 4.98 Å². The van der Waals surface area contributed by atoms with Crippen molar-refractivity contribution >= 4 is 11.0 Å². The maximum absolute atomic E-state index is 13.2. The monoisotopic (exact) mass is 906 g/mol. The van der Waals surface area contributed by atoms with Crippen molar-refractivity contribution in [1.29, 1.82) is 0 Å². The van der Waals surface area contributed by atoms with Crippen LogP contribution in [0.3, 0.4) is 0 Å². The summed E-state index contributed by atoms with van der Waals surface area (Å²) < 4.78 is 247. The first-order valence-electron chi connectivity index (χ1n) is 35.3. The highest BCUT2D eigenvalue weighted by atomic mass is 16.3. The highest BCUT2D eigenvalue weighted by Crippen LogP contribution is 2.46. The van der Waals surface area contributed by atoms with Gasteiger partial charge in [-0.3, -0.25) is 9.55 Å². The first-order valence-corrected chi connectivity index (χ1v) is 21.3. The highest BCUT2D eigenvalue weighted by molar-refractivity contribution is 5.98. The molecule has 0 atom stereocenters. The average molecular weight is 906 g/mol. The van der Waals surface area contributed by atoms with Crippen LogP contribution in [0.1, 0.15) is 142 Å². The fraction of sp³-hybridized carbons (Fsp3) is 0.238. The molecule has 0 aliphatic heterocycles. The van der Waals surface area contributed by atoms with Crippen LogP contribution in [0.5, 0.6) is 5.75 Å². The number of phenols is 1. The highest BCUT2D eigenvalue weighted by Gasteiger charge is 2.30. The Labute approximate surface area is 437 Å². The molecule has 0 spiro atoms. The van der Waals surface area contributed by atoms with Gasteiger partial charge in [0, 0.05) is 66.8 Å². The number of fused-ring (bicyclic) bond motifs is 1. The molecule has 0 aliphatic rings. The van der Waals surface area contributed by atoms with Crippen molar-refractivity contribution in [2.45, 2.75) is 97.7 Å². The summed E-state index contributed by atoms with van der Waals surface area (Å²) in [5.74, 6) is -3.23. The van der Waals surface area contributed by atoms with Crippen molar-refractivity contribution in [3.05, 3.63) is 192 Å². The van der Waals surface area contributed by atoms with Gasteiger partial charge in [0.25, 0.3) is 0 Å². The maximum Gasteiger partial charge on any atom is 0.149 e. The zero-order valence-electron chi connectivity index (χ0n) is 64.5. The van der Waals surface area contributed by atoms with Crippen LogP contribution in [0.4, 0.5) is 0 Å². The van der Waals surface area contributed by atoms with Gasteiger partial charge in [-0.2, -0.15) is 0 Å². The van der Waals surface area contributed by atoms with Gasteiger partial charge < -0.3 is 5.11 Å². The molecule has 336 valence electrons. The van der Waals surface area contributed by atoms with Crippen molar-refractivity contribution in [2.24, 2.45) is 0 Å². The van der Waals surface area contributed by atoms with E-state index in [4.69, 9.17) is 48.3 Å². The van der Waals surface area contributed by atoms with Gasteiger partial charge in [-0.15, -0.1) is 0 Å². The van der Waals surface area contributed by atoms with Crippen molar-refractivity contribution in [3.8, 4) is 78.6 Å². The second-order valence-corrected chi connectivity index (χ2v) is 16.9. The van der Waals surface area contributed by atoms with Gasteiger partial charge in [0.05, 0.1) is 28.0 Å². The first kappa shape index (κ1) is 22.6. The Morgan fingerprint density at radius 2 is 1.13 bits per heavy atom. The summed E-state index contributed by atoms with van der Waals surface area (Å²) >= 11 is 0. The van der Waals surface area contributed by atoms with E-state index in [1.165, 1.54) is 36.4 Å². The van der Waals surface area contributed by atoms with E-state index >= 15 is 0 Å². The molecule has 0 amide bonds. The van der Waals surface area contributed by atoms with Gasteiger partial charge in [-0.1, -0.05) is 185 Å². The van der Waals surface area contributed by atoms with Crippen molar-refractivity contribution in [3.63, 3.8) is 0 Å². The lowest BCUT2D eigenvalue weighted by molar-refractivity contribution is 0.446. The average Bonchev–Trinajstić information content (AvgIpc) is 1.07. The Morgan fingerprint density at radius 3 is 1.82 bits per heavy atom. The molecule has 0 fully saturated rings. The fourth-order valence-electron chi connectivity index (χ4n) is 8.37. The zero-order valence-corrected chi connectivity index (χ0v) is 36.5. The Hall–Kier alpha value is -7.04. The molecule has 1 N–H and O–H groups in total. The number of nitrogens with zero attached hydrogens (tertiary/aromatic N) is 3. The van der Waals surface area contributed by atoms with E-state index in [0.717, 1.165) is 39.5 Å². The smallest absolute Gasteiger partial charge is 0.149 e. The first-order chi connectivity index (χ1) is 43.4. The largest absolute Gasteiger partial charge is 0.507 e. The predicted molar refractivity (Wildman–Crippen MR) is 283 cm³/mol. The Kier molecular flexibility index (Phi) is 5.85. The Morgan fingerprint density at radius 1 is 0.507 bits per heavy atom. The third kappa shape index (κ3) is 8.98. The van der Waals surface area contributed by atoms with Crippen LogP contribution >= 0.6 is 0 Å². The van der Waals surface area contributed by atoms with Crippen LogP contribution in [0.25, 0.3) is 83.9 Å². The maximum atomic E-state index is 13.2. The molecule has 2 aromatic heterocycles. The normalized spacial score (nSPS) is 20.3. The minimum absolute atomic E-state index is 0.0731. The van der Waals surface area contributed by atoms with Gasteiger partial charge in [0.2, 0.25) is 0 Å². The molecule has 2 heterocycles. The van der Waals surface area contributed by atoms with Crippen LogP contribution in [0, 0.1) is 0 Å².